The molecule has 0 aromatic heterocycles. The van der Waals surface area contributed by atoms with Crippen LogP contribution in [-0.4, -0.2) is 83.5 Å². The monoisotopic (exact) mass is 545 g/mol. The maximum Gasteiger partial charge on any atom is 0.339 e. The van der Waals surface area contributed by atoms with Gasteiger partial charge in [-0.2, -0.15) is 0 Å². The number of hydrogen-bond acceptors (Lipinski definition) is 10. The number of carbonyl (C=O) groups is 2. The molecular formula is C29H39NO9. The lowest BCUT2D eigenvalue weighted by Gasteiger charge is -2.41. The van der Waals surface area contributed by atoms with E-state index in [0.29, 0.717) is 18.1 Å². The fourth-order valence-electron chi connectivity index (χ4n) is 7.74. The van der Waals surface area contributed by atoms with E-state index in [-0.39, 0.29) is 37.2 Å². The van der Waals surface area contributed by atoms with Crippen molar-refractivity contribution in [3.8, 4) is 11.5 Å². The molecule has 1 saturated carbocycles. The van der Waals surface area contributed by atoms with E-state index in [4.69, 9.17) is 23.7 Å². The summed E-state index contributed by atoms with van der Waals surface area (Å²) in [4.78, 5) is 28.7. The van der Waals surface area contributed by atoms with Gasteiger partial charge in [-0.1, -0.05) is 6.92 Å². The zero-order chi connectivity index (χ0) is 27.8. The highest BCUT2D eigenvalue weighted by Gasteiger charge is 2.68. The van der Waals surface area contributed by atoms with E-state index in [1.807, 2.05) is 12.1 Å². The van der Waals surface area contributed by atoms with Gasteiger partial charge in [-0.3, -0.25) is 9.69 Å². The third kappa shape index (κ3) is 4.31. The molecule has 2 saturated heterocycles. The van der Waals surface area contributed by atoms with Crippen LogP contribution in [0.2, 0.25) is 0 Å². The summed E-state index contributed by atoms with van der Waals surface area (Å²) in [7, 11) is 1.21. The first-order valence-corrected chi connectivity index (χ1v) is 13.9. The van der Waals surface area contributed by atoms with Crippen LogP contribution in [0.3, 0.4) is 0 Å². The Hall–Kier alpha value is -2.40. The van der Waals surface area contributed by atoms with E-state index in [9.17, 15) is 19.8 Å². The number of nitrogens with zero attached hydrogens (tertiary/aromatic N) is 1. The normalized spacial score (nSPS) is 34.1. The average molecular weight is 546 g/mol. The minimum atomic E-state index is -2.14. The SMILES string of the molecule is COC(=O)CC(O)(CCC(C)(C)O)C(=O)OC1[C@H]2c3cc4c(cc3[C@@H]3CN5CCC[C@]25CC1(C)CO3)OCO4. The van der Waals surface area contributed by atoms with Gasteiger partial charge in [-0.05, 0) is 75.8 Å². The van der Waals surface area contributed by atoms with Crippen molar-refractivity contribution in [2.75, 3.05) is 33.6 Å². The van der Waals surface area contributed by atoms with Crippen LogP contribution in [0.15, 0.2) is 12.1 Å². The van der Waals surface area contributed by atoms with Crippen molar-refractivity contribution in [1.29, 1.82) is 0 Å². The Morgan fingerprint density at radius 3 is 2.56 bits per heavy atom. The predicted molar refractivity (Wildman–Crippen MR) is 137 cm³/mol. The van der Waals surface area contributed by atoms with Gasteiger partial charge < -0.3 is 33.9 Å². The van der Waals surface area contributed by atoms with Crippen molar-refractivity contribution in [2.24, 2.45) is 5.41 Å². The molecule has 4 bridgehead atoms. The molecule has 3 unspecified atom stereocenters. The standard InChI is InChI=1S/C29H39NO9/c1-26(2,33)7-8-29(34,12-22(31)35-4)25(32)39-24-23-18-11-20-19(37-16-38-20)10-17(18)21-13-30-9-5-6-28(23,30)14-27(24,3)15-36-21/h10-11,21,23-24,33-34H,5-9,12-16H2,1-4H3/t21-,23+,24?,27?,28-,29?/m0/s1. The summed E-state index contributed by atoms with van der Waals surface area (Å²) in [6.07, 6.45) is 1.41. The molecule has 0 amide bonds. The molecule has 3 fully saturated rings. The molecule has 214 valence electrons. The van der Waals surface area contributed by atoms with Crippen LogP contribution in [0.25, 0.3) is 0 Å². The molecule has 1 aliphatic carbocycles. The van der Waals surface area contributed by atoms with Gasteiger partial charge in [0.15, 0.2) is 17.1 Å². The van der Waals surface area contributed by atoms with Crippen LogP contribution >= 0.6 is 0 Å². The summed E-state index contributed by atoms with van der Waals surface area (Å²) in [5.74, 6) is -0.423. The Kier molecular flexibility index (Phi) is 6.22. The number of aliphatic hydroxyl groups is 2. The fraction of sp³-hybridized carbons (Fsp3) is 0.724. The van der Waals surface area contributed by atoms with Gasteiger partial charge in [-0.25, -0.2) is 4.79 Å². The summed E-state index contributed by atoms with van der Waals surface area (Å²) >= 11 is 0. The number of methoxy groups -OCH3 is 1. The van der Waals surface area contributed by atoms with E-state index in [2.05, 4.69) is 11.8 Å². The first-order valence-electron chi connectivity index (χ1n) is 13.9. The number of carbonyl (C=O) groups excluding carboxylic acids is 2. The maximum atomic E-state index is 13.9. The molecular weight excluding hydrogens is 506 g/mol. The van der Waals surface area contributed by atoms with Crippen LogP contribution in [0.4, 0.5) is 0 Å². The molecule has 1 spiro atoms. The molecule has 6 atom stereocenters. The number of ether oxygens (including phenoxy) is 5. The summed E-state index contributed by atoms with van der Waals surface area (Å²) in [6.45, 7) is 7.52. The van der Waals surface area contributed by atoms with Crippen molar-refractivity contribution < 1.29 is 43.5 Å². The molecule has 5 heterocycles. The molecule has 6 aliphatic rings. The topological polar surface area (TPSA) is 124 Å². The van der Waals surface area contributed by atoms with E-state index < -0.39 is 41.1 Å². The Balaban J connectivity index is 1.42. The smallest absolute Gasteiger partial charge is 0.339 e. The number of benzene rings is 1. The second-order valence-electron chi connectivity index (χ2n) is 13.0. The van der Waals surface area contributed by atoms with Gasteiger partial charge >= 0.3 is 11.9 Å². The summed E-state index contributed by atoms with van der Waals surface area (Å²) in [6, 6.07) is 4.03. The highest BCUT2D eigenvalue weighted by molar-refractivity contribution is 5.86. The second kappa shape index (κ2) is 9.06. The lowest BCUT2D eigenvalue weighted by Crippen LogP contribution is -2.49. The van der Waals surface area contributed by atoms with Crippen molar-refractivity contribution >= 4 is 11.9 Å². The molecule has 1 aromatic carbocycles. The van der Waals surface area contributed by atoms with Crippen LogP contribution in [0.1, 0.15) is 82.4 Å². The van der Waals surface area contributed by atoms with Gasteiger partial charge in [0, 0.05) is 23.4 Å². The summed E-state index contributed by atoms with van der Waals surface area (Å²) in [5.41, 5.74) is -1.98. The molecule has 5 aliphatic heterocycles. The van der Waals surface area contributed by atoms with Crippen molar-refractivity contribution in [3.63, 3.8) is 0 Å². The second-order valence-corrected chi connectivity index (χ2v) is 13.0. The summed E-state index contributed by atoms with van der Waals surface area (Å²) in [5, 5.41) is 21.9. The van der Waals surface area contributed by atoms with Crippen LogP contribution in [0, 0.1) is 5.41 Å². The van der Waals surface area contributed by atoms with Crippen molar-refractivity contribution in [3.05, 3.63) is 23.3 Å². The zero-order valence-corrected chi connectivity index (χ0v) is 23.2. The first-order chi connectivity index (χ1) is 18.4. The number of esters is 2. The maximum absolute atomic E-state index is 13.9. The number of hydrogen-bond donors (Lipinski definition) is 2. The van der Waals surface area contributed by atoms with E-state index in [0.717, 1.165) is 43.5 Å². The largest absolute Gasteiger partial charge is 0.469 e. The van der Waals surface area contributed by atoms with Gasteiger partial charge in [0.1, 0.15) is 6.10 Å². The number of fused-ring (bicyclic) bond motifs is 2. The molecule has 2 N–H and O–H groups in total. The van der Waals surface area contributed by atoms with Gasteiger partial charge in [0.05, 0.1) is 31.8 Å². The third-order valence-electron chi connectivity index (χ3n) is 9.64. The molecule has 0 radical (unpaired) electrons. The van der Waals surface area contributed by atoms with Crippen LogP contribution in [0.5, 0.6) is 11.5 Å². The van der Waals surface area contributed by atoms with Gasteiger partial charge in [0.2, 0.25) is 6.79 Å². The minimum absolute atomic E-state index is 0.0930. The first kappa shape index (κ1) is 26.8. The lowest BCUT2D eigenvalue weighted by molar-refractivity contribution is -0.186. The Morgan fingerprint density at radius 2 is 1.87 bits per heavy atom. The molecule has 7 rings (SSSR count). The Morgan fingerprint density at radius 1 is 1.15 bits per heavy atom. The molecule has 1 aromatic rings. The fourth-order valence-corrected chi connectivity index (χ4v) is 7.74. The Bertz CT molecular complexity index is 1180. The lowest BCUT2D eigenvalue weighted by atomic mass is 9.77. The quantitative estimate of drug-likeness (QED) is 0.494. The van der Waals surface area contributed by atoms with Crippen molar-refractivity contribution in [2.45, 2.75) is 94.2 Å². The highest BCUT2D eigenvalue weighted by atomic mass is 16.7. The highest BCUT2D eigenvalue weighted by Crippen LogP contribution is 2.65. The van der Waals surface area contributed by atoms with E-state index in [1.165, 1.54) is 7.11 Å². The van der Waals surface area contributed by atoms with Crippen LogP contribution in [-0.2, 0) is 23.8 Å². The van der Waals surface area contributed by atoms with Gasteiger partial charge in [0.25, 0.3) is 0 Å². The predicted octanol–water partition coefficient (Wildman–Crippen LogP) is 2.59. The third-order valence-corrected chi connectivity index (χ3v) is 9.64. The Labute approximate surface area is 228 Å². The van der Waals surface area contributed by atoms with Gasteiger partial charge in [-0.15, -0.1) is 0 Å². The zero-order valence-electron chi connectivity index (χ0n) is 23.2. The molecule has 39 heavy (non-hydrogen) atoms. The summed E-state index contributed by atoms with van der Waals surface area (Å²) < 4.78 is 29.2. The molecule has 10 nitrogen and oxygen atoms in total. The van der Waals surface area contributed by atoms with E-state index in [1.54, 1.807) is 13.8 Å². The molecule has 10 heteroatoms. The van der Waals surface area contributed by atoms with Crippen LogP contribution < -0.4 is 9.47 Å². The number of rotatable bonds is 7. The minimum Gasteiger partial charge on any atom is -0.469 e. The van der Waals surface area contributed by atoms with E-state index >= 15 is 0 Å². The average Bonchev–Trinajstić information content (AvgIpc) is 3.54. The van der Waals surface area contributed by atoms with Crippen molar-refractivity contribution in [1.82, 2.24) is 4.90 Å².